The molecule has 2 aromatic carbocycles. The van der Waals surface area contributed by atoms with Crippen LogP contribution in [0, 0.1) is 10.1 Å². The first-order valence-corrected chi connectivity index (χ1v) is 5.58. The van der Waals surface area contributed by atoms with E-state index in [9.17, 15) is 10.1 Å². The Morgan fingerprint density at radius 3 is 2.22 bits per heavy atom. The summed E-state index contributed by atoms with van der Waals surface area (Å²) in [5.41, 5.74) is 1.41. The van der Waals surface area contributed by atoms with Crippen LogP contribution in [-0.2, 0) is 0 Å². The molecule has 0 saturated heterocycles. The van der Waals surface area contributed by atoms with Crippen molar-refractivity contribution in [3.8, 4) is 0 Å². The molecule has 5 heteroatoms. The third-order valence-electron chi connectivity index (χ3n) is 2.30. The molecule has 2 rings (SSSR count). The molecule has 0 saturated carbocycles. The highest BCUT2D eigenvalue weighted by molar-refractivity contribution is 6.69. The second-order valence-electron chi connectivity index (χ2n) is 3.54. The lowest BCUT2D eigenvalue weighted by atomic mass is 10.2. The van der Waals surface area contributed by atoms with Gasteiger partial charge in [-0.05, 0) is 12.1 Å². The molecule has 90 valence electrons. The first kappa shape index (κ1) is 12.3. The zero-order valence-corrected chi connectivity index (χ0v) is 10.0. The lowest BCUT2D eigenvalue weighted by molar-refractivity contribution is -0.384. The summed E-state index contributed by atoms with van der Waals surface area (Å²) < 4.78 is 0. The fourth-order valence-electron chi connectivity index (χ4n) is 1.40. The molecule has 2 aromatic rings. The Balaban J connectivity index is 2.25. The Bertz CT molecular complexity index is 580. The lowest BCUT2D eigenvalue weighted by Gasteiger charge is -1.98. The zero-order chi connectivity index (χ0) is 13.0. The highest BCUT2D eigenvalue weighted by Crippen LogP contribution is 2.19. The van der Waals surface area contributed by atoms with Gasteiger partial charge in [-0.3, -0.25) is 10.1 Å². The molecule has 0 atom stereocenters. The summed E-state index contributed by atoms with van der Waals surface area (Å²) in [4.78, 5) is 14.2. The summed E-state index contributed by atoms with van der Waals surface area (Å²) in [6.45, 7) is 0. The minimum atomic E-state index is -0.452. The van der Waals surface area contributed by atoms with Crippen molar-refractivity contribution in [3.63, 3.8) is 0 Å². The second-order valence-corrected chi connectivity index (χ2v) is 3.90. The van der Waals surface area contributed by atoms with Crippen LogP contribution in [0.25, 0.3) is 0 Å². The summed E-state index contributed by atoms with van der Waals surface area (Å²) in [5.74, 6) is 0. The van der Waals surface area contributed by atoms with Gasteiger partial charge in [0.25, 0.3) is 5.69 Å². The molecule has 18 heavy (non-hydrogen) atoms. The molecule has 0 aliphatic carbocycles. The quantitative estimate of drug-likeness (QED) is 0.477. The van der Waals surface area contributed by atoms with E-state index in [4.69, 9.17) is 11.6 Å². The van der Waals surface area contributed by atoms with Crippen LogP contribution in [0.4, 0.5) is 11.4 Å². The minimum absolute atomic E-state index is 0.0322. The van der Waals surface area contributed by atoms with Crippen molar-refractivity contribution in [3.05, 3.63) is 70.3 Å². The van der Waals surface area contributed by atoms with Crippen molar-refractivity contribution in [1.82, 2.24) is 0 Å². The van der Waals surface area contributed by atoms with Crippen molar-refractivity contribution in [2.24, 2.45) is 4.99 Å². The number of hydrogen-bond acceptors (Lipinski definition) is 3. The van der Waals surface area contributed by atoms with E-state index in [1.165, 1.54) is 12.1 Å². The largest absolute Gasteiger partial charge is 0.269 e. The third-order valence-corrected chi connectivity index (χ3v) is 2.60. The van der Waals surface area contributed by atoms with Crippen LogP contribution in [-0.4, -0.2) is 10.1 Å². The normalized spacial score (nSPS) is 11.3. The van der Waals surface area contributed by atoms with Gasteiger partial charge < -0.3 is 0 Å². The fraction of sp³-hybridized carbons (Fsp3) is 0. The number of rotatable bonds is 3. The first-order valence-electron chi connectivity index (χ1n) is 5.21. The molecular formula is C13H9ClN2O2. The molecule has 0 aliphatic heterocycles. The summed E-state index contributed by atoms with van der Waals surface area (Å²) in [6.07, 6.45) is 0. The van der Waals surface area contributed by atoms with Crippen molar-refractivity contribution in [1.29, 1.82) is 0 Å². The molecule has 0 aromatic heterocycles. The van der Waals surface area contributed by atoms with Gasteiger partial charge in [0, 0.05) is 17.7 Å². The van der Waals surface area contributed by atoms with Gasteiger partial charge in [-0.15, -0.1) is 0 Å². The van der Waals surface area contributed by atoms with Gasteiger partial charge in [0.1, 0.15) is 5.17 Å². The van der Waals surface area contributed by atoms with Crippen LogP contribution in [0.15, 0.2) is 59.6 Å². The maximum absolute atomic E-state index is 10.5. The molecular weight excluding hydrogens is 252 g/mol. The Kier molecular flexibility index (Phi) is 3.69. The molecule has 0 radical (unpaired) electrons. The number of halogens is 1. The number of aliphatic imine (C=N–C) groups is 1. The summed E-state index contributed by atoms with van der Waals surface area (Å²) >= 11 is 6.06. The Morgan fingerprint density at radius 1 is 1.06 bits per heavy atom. The number of nitro benzene ring substituents is 1. The van der Waals surface area contributed by atoms with E-state index in [-0.39, 0.29) is 5.69 Å². The lowest BCUT2D eigenvalue weighted by Crippen LogP contribution is -1.89. The number of hydrogen-bond donors (Lipinski definition) is 0. The van der Waals surface area contributed by atoms with Gasteiger partial charge >= 0.3 is 0 Å². The minimum Gasteiger partial charge on any atom is -0.258 e. The van der Waals surface area contributed by atoms with Crippen LogP contribution in [0.2, 0.25) is 0 Å². The predicted octanol–water partition coefficient (Wildman–Crippen LogP) is 3.91. The number of nitrogens with zero attached hydrogens (tertiary/aromatic N) is 2. The smallest absolute Gasteiger partial charge is 0.258 e. The van der Waals surface area contributed by atoms with Crippen molar-refractivity contribution < 1.29 is 4.92 Å². The highest BCUT2D eigenvalue weighted by Gasteiger charge is 2.04. The molecule has 0 amide bonds. The van der Waals surface area contributed by atoms with Crippen molar-refractivity contribution in [2.45, 2.75) is 0 Å². The van der Waals surface area contributed by atoms with E-state index in [2.05, 4.69) is 4.99 Å². The Morgan fingerprint density at radius 2 is 1.67 bits per heavy atom. The molecule has 0 unspecified atom stereocenters. The maximum Gasteiger partial charge on any atom is 0.269 e. The molecule has 0 aliphatic rings. The molecule has 0 fully saturated rings. The first-order chi connectivity index (χ1) is 8.66. The van der Waals surface area contributed by atoms with Crippen molar-refractivity contribution in [2.75, 3.05) is 0 Å². The summed E-state index contributed by atoms with van der Waals surface area (Å²) in [6, 6.07) is 15.2. The van der Waals surface area contributed by atoms with E-state index in [0.29, 0.717) is 10.9 Å². The van der Waals surface area contributed by atoms with Gasteiger partial charge in [0.2, 0.25) is 0 Å². The van der Waals surface area contributed by atoms with Gasteiger partial charge in [-0.25, -0.2) is 4.99 Å². The van der Waals surface area contributed by atoms with Gasteiger partial charge in [0.05, 0.1) is 10.6 Å². The summed E-state index contributed by atoms with van der Waals surface area (Å²) in [7, 11) is 0. The standard InChI is InChI=1S/C13H9ClN2O2/c14-13(10-4-2-1-3-5-10)15-11-6-8-12(9-7-11)16(17)18/h1-9H/b15-13-. The predicted molar refractivity (Wildman–Crippen MR) is 71.6 cm³/mol. The zero-order valence-electron chi connectivity index (χ0n) is 9.29. The van der Waals surface area contributed by atoms with Gasteiger partial charge in [-0.2, -0.15) is 0 Å². The van der Waals surface area contributed by atoms with Gasteiger partial charge in [0.15, 0.2) is 0 Å². The second kappa shape index (κ2) is 5.42. The molecule has 0 spiro atoms. The van der Waals surface area contributed by atoms with E-state index in [0.717, 1.165) is 5.56 Å². The topological polar surface area (TPSA) is 55.5 Å². The average molecular weight is 261 g/mol. The van der Waals surface area contributed by atoms with E-state index >= 15 is 0 Å². The Labute approximate surface area is 109 Å². The van der Waals surface area contributed by atoms with Crippen LogP contribution in [0.1, 0.15) is 5.56 Å². The monoisotopic (exact) mass is 260 g/mol. The van der Waals surface area contributed by atoms with Crippen LogP contribution in [0.3, 0.4) is 0 Å². The van der Waals surface area contributed by atoms with Gasteiger partial charge in [-0.1, -0.05) is 41.9 Å². The summed E-state index contributed by atoms with van der Waals surface area (Å²) in [5, 5.41) is 10.9. The van der Waals surface area contributed by atoms with Crippen LogP contribution in [0.5, 0.6) is 0 Å². The molecule has 0 N–H and O–H groups in total. The fourth-order valence-corrected chi connectivity index (χ4v) is 1.63. The molecule has 0 bridgehead atoms. The highest BCUT2D eigenvalue weighted by atomic mass is 35.5. The van der Waals surface area contributed by atoms with Crippen molar-refractivity contribution >= 4 is 28.1 Å². The molecule has 4 nitrogen and oxygen atoms in total. The third kappa shape index (κ3) is 2.93. The van der Waals surface area contributed by atoms with E-state index in [1.807, 2.05) is 30.3 Å². The average Bonchev–Trinajstić information content (AvgIpc) is 2.40. The SMILES string of the molecule is O=[N+]([O-])c1ccc(/N=C(\Cl)c2ccccc2)cc1. The number of nitro groups is 1. The molecule has 0 heterocycles. The van der Waals surface area contributed by atoms with Crippen LogP contribution >= 0.6 is 11.6 Å². The number of benzene rings is 2. The Hall–Kier alpha value is -2.20. The maximum atomic E-state index is 10.5. The van der Waals surface area contributed by atoms with E-state index in [1.54, 1.807) is 12.1 Å². The van der Waals surface area contributed by atoms with Crippen LogP contribution < -0.4 is 0 Å². The number of non-ortho nitro benzene ring substituents is 1. The van der Waals surface area contributed by atoms with E-state index < -0.39 is 4.92 Å².